The fraction of sp³-hybridized carbons (Fsp3) is 0.0163. The monoisotopic (exact) mass is 1740 g/mol. The Morgan fingerprint density at radius 3 is 0.625 bits per heavy atom. The molecule has 0 saturated heterocycles. The van der Waals surface area contributed by atoms with Crippen LogP contribution in [0.15, 0.2) is 467 Å². The number of benzene rings is 18. The van der Waals surface area contributed by atoms with Crippen LogP contribution < -0.4 is 9.47 Å². The van der Waals surface area contributed by atoms with Gasteiger partial charge >= 0.3 is 0 Å². The third-order valence-corrected chi connectivity index (χ3v) is 26.3. The molecular weight excluding hydrogens is 1660 g/mol. The SMILES string of the molecule is c1ccc(-c2cc(-c3ccccc3)nc(-c3ccc(-c4ccc5c(c4)C4(c6ccccc6Oc6ccccc64)c4c(-c6nc(-c7ccccc7)nc(-c7ccccc7)n6)cccc4-5)cc3)n2)cc1.c1ccc(-c2nc(-c3ccccc3)nc(-c3ccc(-c4ccc5c(c4)C4(c6ccccc6Oc6ccccc64)c4c(-c6nc(-c7ccccc7)nc(-c7ccccc7)n6)cccc4-5)cc3)n2)cc1. The molecule has 0 saturated carbocycles. The molecule has 22 aromatic rings. The smallest absolute Gasteiger partial charge is 0.164 e. The number of fused-ring (bicyclic) bond motifs is 18. The van der Waals surface area contributed by atoms with Gasteiger partial charge in [0, 0.05) is 89.0 Å². The van der Waals surface area contributed by atoms with Crippen molar-refractivity contribution in [1.82, 2.24) is 54.8 Å². The van der Waals surface area contributed by atoms with E-state index in [0.29, 0.717) is 58.2 Å². The molecule has 0 unspecified atom stereocenters. The molecule has 0 fully saturated rings. The third kappa shape index (κ3) is 13.8. The quantitative estimate of drug-likeness (QED) is 0.101. The Kier molecular flexibility index (Phi) is 19.7. The Balaban J connectivity index is 0.000000145. The van der Waals surface area contributed by atoms with E-state index in [1.807, 2.05) is 218 Å². The summed E-state index contributed by atoms with van der Waals surface area (Å²) < 4.78 is 13.6. The molecule has 18 aromatic carbocycles. The lowest BCUT2D eigenvalue weighted by atomic mass is 9.64. The van der Waals surface area contributed by atoms with Gasteiger partial charge in [0.1, 0.15) is 23.0 Å². The Morgan fingerprint density at radius 1 is 0.132 bits per heavy atom. The van der Waals surface area contributed by atoms with Crippen molar-refractivity contribution >= 4 is 0 Å². The van der Waals surface area contributed by atoms with E-state index in [-0.39, 0.29) is 0 Å². The summed E-state index contributed by atoms with van der Waals surface area (Å²) in [7, 11) is 0. The predicted octanol–water partition coefficient (Wildman–Crippen LogP) is 29.0. The molecule has 0 atom stereocenters. The highest BCUT2D eigenvalue weighted by atomic mass is 16.5. The highest BCUT2D eigenvalue weighted by Crippen LogP contribution is 2.67. The molecule has 13 heteroatoms. The Labute approximate surface area is 785 Å². The maximum Gasteiger partial charge on any atom is 0.164 e. The number of ether oxygens (including phenoxy) is 2. The zero-order valence-electron chi connectivity index (χ0n) is 73.2. The van der Waals surface area contributed by atoms with Crippen molar-refractivity contribution in [3.05, 3.63) is 512 Å². The normalized spacial score (nSPS) is 12.6. The van der Waals surface area contributed by atoms with Gasteiger partial charge in [0.15, 0.2) is 58.2 Å². The minimum atomic E-state index is -0.804. The molecule has 4 aromatic heterocycles. The van der Waals surface area contributed by atoms with Gasteiger partial charge in [0.2, 0.25) is 0 Å². The summed E-state index contributed by atoms with van der Waals surface area (Å²) in [4.78, 5) is 56.5. The van der Waals surface area contributed by atoms with Crippen LogP contribution in [0, 0.1) is 0 Å². The average Bonchev–Trinajstić information content (AvgIpc) is 1.51. The molecule has 0 bridgehead atoms. The number of hydrogen-bond donors (Lipinski definition) is 0. The Hall–Kier alpha value is -18.3. The largest absolute Gasteiger partial charge is 0.457 e. The van der Waals surface area contributed by atoms with E-state index < -0.39 is 10.8 Å². The van der Waals surface area contributed by atoms with E-state index in [9.17, 15) is 0 Å². The van der Waals surface area contributed by atoms with E-state index in [1.54, 1.807) is 0 Å². The molecule has 2 spiro atoms. The van der Waals surface area contributed by atoms with Crippen LogP contribution in [0.2, 0.25) is 0 Å². The lowest BCUT2D eigenvalue weighted by Gasteiger charge is -2.40. The van der Waals surface area contributed by atoms with Gasteiger partial charge in [0.25, 0.3) is 0 Å². The van der Waals surface area contributed by atoms with Crippen LogP contribution in [0.25, 0.3) is 181 Å². The number of rotatable bonds is 14. The van der Waals surface area contributed by atoms with Crippen LogP contribution in [-0.4, -0.2) is 54.8 Å². The van der Waals surface area contributed by atoms with Gasteiger partial charge in [-0.2, -0.15) is 0 Å². The molecule has 2 aliphatic carbocycles. The van der Waals surface area contributed by atoms with E-state index in [4.69, 9.17) is 64.3 Å². The molecule has 6 heterocycles. The van der Waals surface area contributed by atoms with Crippen molar-refractivity contribution in [2.75, 3.05) is 0 Å². The molecule has 26 rings (SSSR count). The van der Waals surface area contributed by atoms with Gasteiger partial charge in [-0.3, -0.25) is 0 Å². The molecule has 2 aliphatic heterocycles. The molecule has 0 amide bonds. The van der Waals surface area contributed by atoms with Crippen LogP contribution in [0.1, 0.15) is 44.5 Å². The van der Waals surface area contributed by atoms with Crippen LogP contribution in [0.3, 0.4) is 0 Å². The first kappa shape index (κ1) is 79.8. The van der Waals surface area contributed by atoms with E-state index in [0.717, 1.165) is 190 Å². The highest BCUT2D eigenvalue weighted by molar-refractivity contribution is 5.98. The van der Waals surface area contributed by atoms with Crippen LogP contribution >= 0.6 is 0 Å². The first-order valence-corrected chi connectivity index (χ1v) is 45.5. The first-order valence-electron chi connectivity index (χ1n) is 45.5. The van der Waals surface area contributed by atoms with Crippen LogP contribution in [0.5, 0.6) is 23.0 Å². The summed E-state index contributed by atoms with van der Waals surface area (Å²) in [6, 6.07) is 161. The number of nitrogens with zero attached hydrogens (tertiary/aromatic N) is 11. The summed E-state index contributed by atoms with van der Waals surface area (Å²) in [6.45, 7) is 0. The van der Waals surface area contributed by atoms with E-state index in [1.165, 1.54) is 0 Å². The maximum absolute atomic E-state index is 6.78. The topological polar surface area (TPSA) is 160 Å². The average molecular weight is 1740 g/mol. The zero-order valence-corrected chi connectivity index (χ0v) is 73.2. The molecule has 0 radical (unpaired) electrons. The summed E-state index contributed by atoms with van der Waals surface area (Å²) in [5, 5.41) is 0. The number of aromatic nitrogens is 11. The Morgan fingerprint density at radius 2 is 0.346 bits per heavy atom. The zero-order chi connectivity index (χ0) is 90.0. The minimum Gasteiger partial charge on any atom is -0.457 e. The summed E-state index contributed by atoms with van der Waals surface area (Å²) in [5.74, 6) is 9.44. The predicted molar refractivity (Wildman–Crippen MR) is 539 cm³/mol. The second-order valence-corrected chi connectivity index (χ2v) is 34.1. The lowest BCUT2D eigenvalue weighted by Crippen LogP contribution is -2.32. The molecule has 0 N–H and O–H groups in total. The van der Waals surface area contributed by atoms with Crippen LogP contribution in [0.4, 0.5) is 0 Å². The van der Waals surface area contributed by atoms with Crippen molar-refractivity contribution < 1.29 is 9.47 Å². The fourth-order valence-corrected chi connectivity index (χ4v) is 20.2. The second kappa shape index (κ2) is 33.6. The molecule has 636 valence electrons. The summed E-state index contributed by atoms with van der Waals surface area (Å²) in [6.07, 6.45) is 0. The summed E-state index contributed by atoms with van der Waals surface area (Å²) >= 11 is 0. The molecule has 4 aliphatic rings. The van der Waals surface area contributed by atoms with Gasteiger partial charge in [-0.15, -0.1) is 0 Å². The standard InChI is InChI=1S/C62H39N5O.C61H38N6O/c1-5-18-41(19-6-1)53-39-54(42-20-7-2-8-21-42)64-58(63-53)45-34-32-40(33-35-45)46-36-37-47-48-26-17-27-49(61-66-59(43-22-9-3-10-23-43)65-60(67-61)44-24-11-4-12-25-44)57(48)62(52(47)38-46)50-28-13-15-30-55(50)68-56-31-16-14-29-51(56)62;1-5-18-40(19-6-1)55-62-56(41-20-7-2-8-21-41)64-59(63-55)44-34-32-39(33-35-44)45-36-37-46-47-26-17-27-48(60-66-57(42-22-9-3-10-23-42)65-58(67-60)43-24-11-4-12-25-43)54(47)61(51(46)38-45)49-28-13-15-30-52(49)68-53-31-16-14-29-50(53)61/h1-39H;1-38H. The van der Waals surface area contributed by atoms with Gasteiger partial charge in [-0.1, -0.05) is 425 Å². The van der Waals surface area contributed by atoms with Gasteiger partial charge in [-0.05, 0) is 109 Å². The fourth-order valence-electron chi connectivity index (χ4n) is 20.2. The molecular formula is C123H77N11O2. The summed E-state index contributed by atoms with van der Waals surface area (Å²) in [5.41, 5.74) is 29.1. The number of hydrogen-bond acceptors (Lipinski definition) is 13. The van der Waals surface area contributed by atoms with Crippen molar-refractivity contribution in [3.8, 4) is 204 Å². The number of para-hydroxylation sites is 4. The van der Waals surface area contributed by atoms with Crippen molar-refractivity contribution in [1.29, 1.82) is 0 Å². The van der Waals surface area contributed by atoms with Gasteiger partial charge in [-0.25, -0.2) is 54.8 Å². The third-order valence-electron chi connectivity index (χ3n) is 26.3. The maximum atomic E-state index is 6.78. The lowest BCUT2D eigenvalue weighted by molar-refractivity contribution is 0.436. The second-order valence-electron chi connectivity index (χ2n) is 34.1. The first-order chi connectivity index (χ1) is 67.4. The van der Waals surface area contributed by atoms with Gasteiger partial charge in [0.05, 0.1) is 22.2 Å². The van der Waals surface area contributed by atoms with E-state index >= 15 is 0 Å². The highest BCUT2D eigenvalue weighted by Gasteiger charge is 2.55. The van der Waals surface area contributed by atoms with Crippen molar-refractivity contribution in [3.63, 3.8) is 0 Å². The van der Waals surface area contributed by atoms with E-state index in [2.05, 4.69) is 249 Å². The van der Waals surface area contributed by atoms with Gasteiger partial charge < -0.3 is 9.47 Å². The Bertz CT molecular complexity index is 7560. The van der Waals surface area contributed by atoms with Crippen LogP contribution in [-0.2, 0) is 10.8 Å². The molecule has 136 heavy (non-hydrogen) atoms. The van der Waals surface area contributed by atoms with Crippen molar-refractivity contribution in [2.24, 2.45) is 0 Å². The van der Waals surface area contributed by atoms with Crippen molar-refractivity contribution in [2.45, 2.75) is 10.8 Å². The molecule has 13 nitrogen and oxygen atoms in total. The minimum absolute atomic E-state index is 0.600.